The minimum absolute atomic E-state index is 0.322. The van der Waals surface area contributed by atoms with Crippen LogP contribution < -0.4 is 5.32 Å². The Hall–Kier alpha value is -2.08. The Balaban J connectivity index is 1.49. The SMILES string of the molecule is CCNC(=NCCC(CC)N1CCCC1=O)N1CCN(Cc2ccccc2)CC1. The van der Waals surface area contributed by atoms with Gasteiger partial charge in [-0.1, -0.05) is 37.3 Å². The lowest BCUT2D eigenvalue weighted by molar-refractivity contribution is -0.129. The Bertz CT molecular complexity index is 654. The zero-order valence-electron chi connectivity index (χ0n) is 18.1. The number of nitrogens with zero attached hydrogens (tertiary/aromatic N) is 4. The molecule has 0 aromatic heterocycles. The third-order valence-corrected chi connectivity index (χ3v) is 6.00. The van der Waals surface area contributed by atoms with Crippen LogP contribution in [0.1, 0.15) is 45.1 Å². The number of carbonyl (C=O) groups excluding carboxylic acids is 1. The van der Waals surface area contributed by atoms with Gasteiger partial charge in [0.25, 0.3) is 0 Å². The van der Waals surface area contributed by atoms with Crippen molar-refractivity contribution in [2.45, 2.75) is 52.1 Å². The second-order valence-corrected chi connectivity index (χ2v) is 8.03. The van der Waals surface area contributed by atoms with Gasteiger partial charge < -0.3 is 15.1 Å². The average Bonchev–Trinajstić information content (AvgIpc) is 3.17. The summed E-state index contributed by atoms with van der Waals surface area (Å²) in [5, 5.41) is 3.46. The lowest BCUT2D eigenvalue weighted by atomic mass is 10.1. The van der Waals surface area contributed by atoms with E-state index in [1.54, 1.807) is 0 Å². The molecule has 3 rings (SSSR count). The first-order valence-electron chi connectivity index (χ1n) is 11.3. The summed E-state index contributed by atoms with van der Waals surface area (Å²) < 4.78 is 0. The first-order chi connectivity index (χ1) is 14.2. The number of carbonyl (C=O) groups is 1. The first-order valence-corrected chi connectivity index (χ1v) is 11.3. The molecule has 2 saturated heterocycles. The molecule has 2 aliphatic heterocycles. The summed E-state index contributed by atoms with van der Waals surface area (Å²) >= 11 is 0. The van der Waals surface area contributed by atoms with Crippen LogP contribution in [0.2, 0.25) is 0 Å². The van der Waals surface area contributed by atoms with E-state index in [1.165, 1.54) is 5.56 Å². The van der Waals surface area contributed by atoms with Crippen LogP contribution >= 0.6 is 0 Å². The standard InChI is InChI=1S/C23H37N5O/c1-3-21(28-14-8-11-22(28)29)12-13-25-23(24-4-2)27-17-15-26(16-18-27)19-20-9-6-5-7-10-20/h5-7,9-10,21H,3-4,8,11-19H2,1-2H3,(H,24,25). The second-order valence-electron chi connectivity index (χ2n) is 8.03. The molecule has 1 aromatic carbocycles. The molecule has 1 atom stereocenters. The van der Waals surface area contributed by atoms with Crippen LogP contribution in [0.5, 0.6) is 0 Å². The Morgan fingerprint density at radius 2 is 1.86 bits per heavy atom. The number of guanidine groups is 1. The summed E-state index contributed by atoms with van der Waals surface area (Å²) in [6.07, 6.45) is 3.69. The van der Waals surface area contributed by atoms with Crippen LogP contribution in [0.15, 0.2) is 35.3 Å². The van der Waals surface area contributed by atoms with Crippen LogP contribution in [0, 0.1) is 0 Å². The topological polar surface area (TPSA) is 51.2 Å². The number of nitrogens with one attached hydrogen (secondary N) is 1. The molecule has 2 heterocycles. The fraction of sp³-hybridized carbons (Fsp3) is 0.652. The van der Waals surface area contributed by atoms with Gasteiger partial charge in [0.15, 0.2) is 5.96 Å². The monoisotopic (exact) mass is 399 g/mol. The number of amides is 1. The molecule has 29 heavy (non-hydrogen) atoms. The number of hydrogen-bond acceptors (Lipinski definition) is 3. The maximum Gasteiger partial charge on any atom is 0.222 e. The molecule has 1 unspecified atom stereocenters. The van der Waals surface area contributed by atoms with Crippen LogP contribution in [-0.4, -0.2) is 78.4 Å². The fourth-order valence-corrected chi connectivity index (χ4v) is 4.34. The van der Waals surface area contributed by atoms with Crippen molar-refractivity contribution in [2.75, 3.05) is 45.8 Å². The van der Waals surface area contributed by atoms with Crippen molar-refractivity contribution in [3.05, 3.63) is 35.9 Å². The van der Waals surface area contributed by atoms with Gasteiger partial charge >= 0.3 is 0 Å². The van der Waals surface area contributed by atoms with Crippen molar-refractivity contribution in [1.82, 2.24) is 20.0 Å². The smallest absolute Gasteiger partial charge is 0.222 e. The zero-order valence-corrected chi connectivity index (χ0v) is 18.1. The van der Waals surface area contributed by atoms with Crippen molar-refractivity contribution in [1.29, 1.82) is 0 Å². The van der Waals surface area contributed by atoms with E-state index >= 15 is 0 Å². The predicted molar refractivity (Wildman–Crippen MR) is 119 cm³/mol. The zero-order chi connectivity index (χ0) is 20.5. The van der Waals surface area contributed by atoms with Crippen molar-refractivity contribution in [3.63, 3.8) is 0 Å². The molecule has 0 radical (unpaired) electrons. The number of piperazine rings is 1. The summed E-state index contributed by atoms with van der Waals surface area (Å²) in [6, 6.07) is 11.0. The summed E-state index contributed by atoms with van der Waals surface area (Å²) in [4.78, 5) is 23.9. The average molecular weight is 400 g/mol. The third kappa shape index (κ3) is 6.20. The van der Waals surface area contributed by atoms with Gasteiger partial charge in [-0.2, -0.15) is 0 Å². The van der Waals surface area contributed by atoms with Gasteiger partial charge in [0, 0.05) is 64.8 Å². The summed E-state index contributed by atoms with van der Waals surface area (Å²) in [7, 11) is 0. The molecular weight excluding hydrogens is 362 g/mol. The lowest BCUT2D eigenvalue weighted by Crippen LogP contribution is -2.52. The Morgan fingerprint density at radius 3 is 2.48 bits per heavy atom. The highest BCUT2D eigenvalue weighted by molar-refractivity contribution is 5.80. The van der Waals surface area contributed by atoms with E-state index in [4.69, 9.17) is 4.99 Å². The van der Waals surface area contributed by atoms with Gasteiger partial charge in [0.05, 0.1) is 0 Å². The van der Waals surface area contributed by atoms with Gasteiger partial charge in [-0.3, -0.25) is 14.7 Å². The Kier molecular flexibility index (Phi) is 8.35. The third-order valence-electron chi connectivity index (χ3n) is 6.00. The Labute approximate surface area is 176 Å². The molecule has 0 spiro atoms. The fourth-order valence-electron chi connectivity index (χ4n) is 4.34. The number of rotatable bonds is 8. The maximum atomic E-state index is 12.0. The number of aliphatic imine (C=N–C) groups is 1. The molecule has 160 valence electrons. The van der Waals surface area contributed by atoms with Crippen LogP contribution in [0.3, 0.4) is 0 Å². The van der Waals surface area contributed by atoms with Crippen molar-refractivity contribution < 1.29 is 4.79 Å². The van der Waals surface area contributed by atoms with Crippen LogP contribution in [-0.2, 0) is 11.3 Å². The molecule has 0 aliphatic carbocycles. The Morgan fingerprint density at radius 1 is 1.10 bits per heavy atom. The van der Waals surface area contributed by atoms with Gasteiger partial charge in [0.2, 0.25) is 5.91 Å². The molecular formula is C23H37N5O. The van der Waals surface area contributed by atoms with E-state index in [9.17, 15) is 4.79 Å². The van der Waals surface area contributed by atoms with Crippen LogP contribution in [0.25, 0.3) is 0 Å². The molecule has 2 aliphatic rings. The number of benzene rings is 1. The summed E-state index contributed by atoms with van der Waals surface area (Å²) in [5.74, 6) is 1.34. The van der Waals surface area contributed by atoms with Crippen LogP contribution in [0.4, 0.5) is 0 Å². The van der Waals surface area contributed by atoms with Crippen molar-refractivity contribution >= 4 is 11.9 Å². The first kappa shape index (κ1) is 21.6. The predicted octanol–water partition coefficient (Wildman–Crippen LogP) is 2.56. The molecule has 1 aromatic rings. The lowest BCUT2D eigenvalue weighted by Gasteiger charge is -2.36. The summed E-state index contributed by atoms with van der Waals surface area (Å²) in [6.45, 7) is 12.0. The molecule has 0 bridgehead atoms. The van der Waals surface area contributed by atoms with E-state index in [0.717, 1.165) is 84.0 Å². The molecule has 0 saturated carbocycles. The van der Waals surface area contributed by atoms with Gasteiger partial charge in [-0.05, 0) is 31.7 Å². The van der Waals surface area contributed by atoms with Gasteiger partial charge in [-0.25, -0.2) is 0 Å². The number of hydrogen-bond donors (Lipinski definition) is 1. The minimum Gasteiger partial charge on any atom is -0.357 e. The van der Waals surface area contributed by atoms with Gasteiger partial charge in [-0.15, -0.1) is 0 Å². The highest BCUT2D eigenvalue weighted by atomic mass is 16.2. The molecule has 1 amide bonds. The second kappa shape index (κ2) is 11.2. The molecule has 2 fully saturated rings. The minimum atomic E-state index is 0.322. The van der Waals surface area contributed by atoms with E-state index < -0.39 is 0 Å². The van der Waals surface area contributed by atoms with Crippen molar-refractivity contribution in [2.24, 2.45) is 4.99 Å². The highest BCUT2D eigenvalue weighted by Gasteiger charge is 2.26. The highest BCUT2D eigenvalue weighted by Crippen LogP contribution is 2.18. The van der Waals surface area contributed by atoms with E-state index in [1.807, 2.05) is 0 Å². The maximum absolute atomic E-state index is 12.0. The van der Waals surface area contributed by atoms with E-state index in [0.29, 0.717) is 11.9 Å². The van der Waals surface area contributed by atoms with Crippen molar-refractivity contribution in [3.8, 4) is 0 Å². The molecule has 6 heteroatoms. The van der Waals surface area contributed by atoms with Gasteiger partial charge in [0.1, 0.15) is 0 Å². The van der Waals surface area contributed by atoms with E-state index in [-0.39, 0.29) is 0 Å². The van der Waals surface area contributed by atoms with E-state index in [2.05, 4.69) is 64.2 Å². The molecule has 1 N–H and O–H groups in total. The normalized spacial score (nSPS) is 19.7. The summed E-state index contributed by atoms with van der Waals surface area (Å²) in [5.41, 5.74) is 1.38. The molecule has 6 nitrogen and oxygen atoms in total. The quantitative estimate of drug-likeness (QED) is 0.539. The largest absolute Gasteiger partial charge is 0.357 e. The number of likely N-dealkylation sites (tertiary alicyclic amines) is 1.